The fourth-order valence-corrected chi connectivity index (χ4v) is 3.22. The van der Waals surface area contributed by atoms with Crippen LogP contribution in [-0.4, -0.2) is 12.6 Å². The SMILES string of the molecule is CCOC(=O)C1=C(C)OC(N)=C(C#N)C1c1ccc(Br)c(C)c1C. The first-order valence-corrected chi connectivity index (χ1v) is 8.33. The van der Waals surface area contributed by atoms with Crippen molar-refractivity contribution in [1.29, 1.82) is 5.26 Å². The van der Waals surface area contributed by atoms with Crippen LogP contribution in [0.4, 0.5) is 0 Å². The van der Waals surface area contributed by atoms with E-state index in [4.69, 9.17) is 15.2 Å². The number of halogens is 1. The minimum Gasteiger partial charge on any atom is -0.463 e. The van der Waals surface area contributed by atoms with Crippen LogP contribution in [0.5, 0.6) is 0 Å². The molecule has 0 spiro atoms. The fourth-order valence-electron chi connectivity index (χ4n) is 2.79. The molecular formula is C18H19BrN2O3. The van der Waals surface area contributed by atoms with E-state index in [0.29, 0.717) is 11.3 Å². The van der Waals surface area contributed by atoms with Gasteiger partial charge < -0.3 is 15.2 Å². The van der Waals surface area contributed by atoms with Gasteiger partial charge in [-0.2, -0.15) is 5.26 Å². The normalized spacial score (nSPS) is 17.4. The zero-order valence-electron chi connectivity index (χ0n) is 14.1. The van der Waals surface area contributed by atoms with Crippen LogP contribution in [0.3, 0.4) is 0 Å². The highest BCUT2D eigenvalue weighted by Gasteiger charge is 2.37. The summed E-state index contributed by atoms with van der Waals surface area (Å²) in [6, 6.07) is 5.87. The van der Waals surface area contributed by atoms with Gasteiger partial charge in [0.15, 0.2) is 0 Å². The molecule has 2 N–H and O–H groups in total. The van der Waals surface area contributed by atoms with Gasteiger partial charge >= 0.3 is 5.97 Å². The summed E-state index contributed by atoms with van der Waals surface area (Å²) < 4.78 is 11.5. The Labute approximate surface area is 149 Å². The Bertz CT molecular complexity index is 803. The molecule has 0 radical (unpaired) electrons. The molecule has 0 aromatic heterocycles. The van der Waals surface area contributed by atoms with Crippen molar-refractivity contribution in [2.75, 3.05) is 6.61 Å². The fraction of sp³-hybridized carbons (Fsp3) is 0.333. The lowest BCUT2D eigenvalue weighted by atomic mass is 9.80. The lowest BCUT2D eigenvalue weighted by molar-refractivity contribution is -0.139. The summed E-state index contributed by atoms with van der Waals surface area (Å²) in [5, 5.41) is 9.57. The average molecular weight is 391 g/mol. The zero-order chi connectivity index (χ0) is 18.0. The Morgan fingerprint density at radius 2 is 2.04 bits per heavy atom. The highest BCUT2D eigenvalue weighted by Crippen LogP contribution is 2.42. The van der Waals surface area contributed by atoms with E-state index in [1.807, 2.05) is 26.0 Å². The van der Waals surface area contributed by atoms with Crippen molar-refractivity contribution >= 4 is 21.9 Å². The van der Waals surface area contributed by atoms with Crippen LogP contribution in [0.15, 0.2) is 39.4 Å². The van der Waals surface area contributed by atoms with Crippen molar-refractivity contribution < 1.29 is 14.3 Å². The molecule has 1 aliphatic heterocycles. The second-order valence-electron chi connectivity index (χ2n) is 5.50. The smallest absolute Gasteiger partial charge is 0.338 e. The number of carbonyl (C=O) groups excluding carboxylic acids is 1. The molecule has 0 saturated carbocycles. The molecule has 0 aliphatic carbocycles. The van der Waals surface area contributed by atoms with Crippen molar-refractivity contribution in [2.24, 2.45) is 5.73 Å². The number of nitrogens with two attached hydrogens (primary N) is 1. The monoisotopic (exact) mass is 390 g/mol. The molecule has 1 aliphatic rings. The molecule has 1 aromatic rings. The third kappa shape index (κ3) is 3.04. The summed E-state index contributed by atoms with van der Waals surface area (Å²) >= 11 is 3.50. The minimum atomic E-state index is -0.602. The van der Waals surface area contributed by atoms with E-state index in [2.05, 4.69) is 22.0 Å². The molecule has 1 aromatic carbocycles. The molecular weight excluding hydrogens is 372 g/mol. The Morgan fingerprint density at radius 1 is 1.38 bits per heavy atom. The van der Waals surface area contributed by atoms with Crippen molar-refractivity contribution in [3.63, 3.8) is 0 Å². The molecule has 6 heteroatoms. The summed E-state index contributed by atoms with van der Waals surface area (Å²) in [6.07, 6.45) is 0. The van der Waals surface area contributed by atoms with E-state index in [1.54, 1.807) is 13.8 Å². The minimum absolute atomic E-state index is 0.0213. The van der Waals surface area contributed by atoms with Crippen LogP contribution in [0.25, 0.3) is 0 Å². The molecule has 1 unspecified atom stereocenters. The Morgan fingerprint density at radius 3 is 2.62 bits per heavy atom. The summed E-state index contributed by atoms with van der Waals surface area (Å²) in [7, 11) is 0. The van der Waals surface area contributed by atoms with Gasteiger partial charge in [-0.1, -0.05) is 22.0 Å². The number of nitriles is 1. The number of ether oxygens (including phenoxy) is 2. The quantitative estimate of drug-likeness (QED) is 0.794. The van der Waals surface area contributed by atoms with Crippen LogP contribution in [-0.2, 0) is 14.3 Å². The van der Waals surface area contributed by atoms with Crippen LogP contribution in [0, 0.1) is 25.2 Å². The third-order valence-corrected chi connectivity index (χ3v) is 5.03. The van der Waals surface area contributed by atoms with E-state index in [9.17, 15) is 10.1 Å². The second kappa shape index (κ2) is 7.10. The maximum atomic E-state index is 12.5. The van der Waals surface area contributed by atoms with Gasteiger partial charge in [0.1, 0.15) is 17.4 Å². The summed E-state index contributed by atoms with van der Waals surface area (Å²) in [5.74, 6) is -0.724. The van der Waals surface area contributed by atoms with Crippen LogP contribution >= 0.6 is 15.9 Å². The van der Waals surface area contributed by atoms with Gasteiger partial charge in [-0.05, 0) is 50.5 Å². The molecule has 5 nitrogen and oxygen atoms in total. The number of nitrogens with zero attached hydrogens (tertiary/aromatic N) is 1. The van der Waals surface area contributed by atoms with E-state index in [0.717, 1.165) is 21.2 Å². The number of allylic oxidation sites excluding steroid dienone is 2. The highest BCUT2D eigenvalue weighted by atomic mass is 79.9. The molecule has 126 valence electrons. The molecule has 0 fully saturated rings. The topological polar surface area (TPSA) is 85.3 Å². The zero-order valence-corrected chi connectivity index (χ0v) is 15.7. The van der Waals surface area contributed by atoms with Gasteiger partial charge in [0.25, 0.3) is 0 Å². The Balaban J connectivity index is 2.72. The highest BCUT2D eigenvalue weighted by molar-refractivity contribution is 9.10. The maximum Gasteiger partial charge on any atom is 0.338 e. The van der Waals surface area contributed by atoms with Crippen molar-refractivity contribution in [3.05, 3.63) is 56.1 Å². The number of carbonyl (C=O) groups is 1. The first kappa shape index (κ1) is 18.1. The van der Waals surface area contributed by atoms with Crippen LogP contribution < -0.4 is 5.73 Å². The lowest BCUT2D eigenvalue weighted by Gasteiger charge is -2.28. The third-order valence-electron chi connectivity index (χ3n) is 4.17. The van der Waals surface area contributed by atoms with Crippen molar-refractivity contribution in [3.8, 4) is 6.07 Å². The average Bonchev–Trinajstić information content (AvgIpc) is 2.52. The van der Waals surface area contributed by atoms with Gasteiger partial charge in [0.05, 0.1) is 18.1 Å². The maximum absolute atomic E-state index is 12.5. The van der Waals surface area contributed by atoms with Gasteiger partial charge in [-0.15, -0.1) is 0 Å². The molecule has 0 saturated heterocycles. The Hall–Kier alpha value is -2.26. The second-order valence-corrected chi connectivity index (χ2v) is 6.36. The molecule has 1 heterocycles. The number of hydrogen-bond donors (Lipinski definition) is 1. The van der Waals surface area contributed by atoms with Gasteiger partial charge in [-0.25, -0.2) is 4.79 Å². The number of esters is 1. The van der Waals surface area contributed by atoms with Gasteiger partial charge in [0, 0.05) is 4.47 Å². The van der Waals surface area contributed by atoms with E-state index < -0.39 is 11.9 Å². The summed E-state index contributed by atoms with van der Waals surface area (Å²) in [6.45, 7) is 7.55. The Kier molecular flexibility index (Phi) is 5.35. The first-order valence-electron chi connectivity index (χ1n) is 7.54. The molecule has 24 heavy (non-hydrogen) atoms. The number of hydrogen-bond acceptors (Lipinski definition) is 5. The van der Waals surface area contributed by atoms with Gasteiger partial charge in [0.2, 0.25) is 5.88 Å². The molecule has 0 amide bonds. The predicted molar refractivity (Wildman–Crippen MR) is 93.6 cm³/mol. The summed E-state index contributed by atoms with van der Waals surface area (Å²) in [5.41, 5.74) is 9.28. The van der Waals surface area contributed by atoms with E-state index in [1.165, 1.54) is 0 Å². The predicted octanol–water partition coefficient (Wildman–Crippen LogP) is 3.71. The number of benzene rings is 1. The largest absolute Gasteiger partial charge is 0.463 e. The van der Waals surface area contributed by atoms with Crippen molar-refractivity contribution in [1.82, 2.24) is 0 Å². The lowest BCUT2D eigenvalue weighted by Crippen LogP contribution is -2.26. The number of rotatable bonds is 3. The first-order chi connectivity index (χ1) is 11.3. The van der Waals surface area contributed by atoms with Crippen LogP contribution in [0.2, 0.25) is 0 Å². The molecule has 0 bridgehead atoms. The standard InChI is InChI=1S/C18H19BrN2O3/c1-5-23-18(22)15-11(4)24-17(21)13(8-20)16(15)12-6-7-14(19)10(3)9(12)2/h6-7,16H,5,21H2,1-4H3. The van der Waals surface area contributed by atoms with E-state index >= 15 is 0 Å². The van der Waals surface area contributed by atoms with Crippen molar-refractivity contribution in [2.45, 2.75) is 33.6 Å². The molecule has 2 rings (SSSR count). The van der Waals surface area contributed by atoms with Gasteiger partial charge in [-0.3, -0.25) is 0 Å². The van der Waals surface area contributed by atoms with Crippen LogP contribution in [0.1, 0.15) is 36.5 Å². The summed E-state index contributed by atoms with van der Waals surface area (Å²) in [4.78, 5) is 12.5. The molecule has 1 atom stereocenters. The van der Waals surface area contributed by atoms with E-state index in [-0.39, 0.29) is 18.1 Å².